The molecule has 1 fully saturated rings. The number of hydrogen-bond donors (Lipinski definition) is 2. The van der Waals surface area contributed by atoms with Gasteiger partial charge in [0.1, 0.15) is 11.9 Å². The summed E-state index contributed by atoms with van der Waals surface area (Å²) >= 11 is 0. The van der Waals surface area contributed by atoms with Crippen molar-refractivity contribution in [3.05, 3.63) is 35.9 Å². The van der Waals surface area contributed by atoms with Gasteiger partial charge in [0, 0.05) is 17.5 Å². The third kappa shape index (κ3) is 2.59. The minimum absolute atomic E-state index is 0.381. The van der Waals surface area contributed by atoms with Crippen LogP contribution in [0.3, 0.4) is 0 Å². The molecule has 4 heteroatoms. The Hall–Kier alpha value is -2.12. The number of rotatable bonds is 2. The summed E-state index contributed by atoms with van der Waals surface area (Å²) < 4.78 is 0. The predicted octanol–water partition coefficient (Wildman–Crippen LogP) is 2.66. The van der Waals surface area contributed by atoms with Crippen LogP contribution in [0.15, 0.2) is 30.3 Å². The molecule has 0 bridgehead atoms. The highest BCUT2D eigenvalue weighted by atomic mass is 15.0. The van der Waals surface area contributed by atoms with Crippen molar-refractivity contribution in [1.82, 2.24) is 10.3 Å². The molecule has 1 aromatic heterocycles. The molecule has 0 aliphatic carbocycles. The van der Waals surface area contributed by atoms with E-state index in [1.807, 2.05) is 30.3 Å². The first-order chi connectivity index (χ1) is 9.76. The van der Waals surface area contributed by atoms with Crippen molar-refractivity contribution < 1.29 is 0 Å². The van der Waals surface area contributed by atoms with Gasteiger partial charge in [-0.2, -0.15) is 5.26 Å². The third-order valence-corrected chi connectivity index (χ3v) is 3.81. The second kappa shape index (κ2) is 5.48. The third-order valence-electron chi connectivity index (χ3n) is 3.81. The van der Waals surface area contributed by atoms with E-state index in [1.54, 1.807) is 0 Å². The molecule has 3 rings (SSSR count). The number of fused-ring (bicyclic) bond motifs is 1. The molecule has 0 spiro atoms. The van der Waals surface area contributed by atoms with Crippen LogP contribution in [0.4, 0.5) is 5.82 Å². The molecule has 2 heterocycles. The fourth-order valence-corrected chi connectivity index (χ4v) is 2.77. The minimum Gasteiger partial charge on any atom is -0.366 e. The lowest BCUT2D eigenvalue weighted by atomic mass is 10.0. The Morgan fingerprint density at radius 2 is 2.25 bits per heavy atom. The number of pyridine rings is 1. The minimum atomic E-state index is 0.381. The van der Waals surface area contributed by atoms with Crippen LogP contribution in [-0.4, -0.2) is 23.6 Å². The fourth-order valence-electron chi connectivity index (χ4n) is 2.77. The van der Waals surface area contributed by atoms with E-state index in [9.17, 15) is 5.26 Å². The molecule has 1 aromatic carbocycles. The molecule has 102 valence electrons. The van der Waals surface area contributed by atoms with E-state index in [4.69, 9.17) is 0 Å². The van der Waals surface area contributed by atoms with Gasteiger partial charge in [0.25, 0.3) is 0 Å². The van der Waals surface area contributed by atoms with Gasteiger partial charge in [-0.3, -0.25) is 0 Å². The first-order valence-electron chi connectivity index (χ1n) is 7.06. The standard InChI is InChI=1S/C16H18N4/c1-11-8-14(6-7-18-11)19-16-13(10-17)9-12-4-2-3-5-15(12)20-16/h2-5,9,11,14,18H,6-8H2,1H3,(H,19,20). The Balaban J connectivity index is 1.91. The van der Waals surface area contributed by atoms with Gasteiger partial charge in [0.15, 0.2) is 0 Å². The lowest BCUT2D eigenvalue weighted by Crippen LogP contribution is -2.41. The van der Waals surface area contributed by atoms with Crippen molar-refractivity contribution in [3.63, 3.8) is 0 Å². The zero-order chi connectivity index (χ0) is 13.9. The summed E-state index contributed by atoms with van der Waals surface area (Å²) in [6.07, 6.45) is 2.11. The summed E-state index contributed by atoms with van der Waals surface area (Å²) in [4.78, 5) is 4.61. The van der Waals surface area contributed by atoms with Gasteiger partial charge >= 0.3 is 0 Å². The molecule has 4 nitrogen and oxygen atoms in total. The molecule has 1 saturated heterocycles. The summed E-state index contributed by atoms with van der Waals surface area (Å²) in [5.41, 5.74) is 1.55. The number of aromatic nitrogens is 1. The van der Waals surface area contributed by atoms with E-state index >= 15 is 0 Å². The quantitative estimate of drug-likeness (QED) is 0.877. The van der Waals surface area contributed by atoms with Crippen molar-refractivity contribution in [2.75, 3.05) is 11.9 Å². The Morgan fingerprint density at radius 3 is 3.05 bits per heavy atom. The van der Waals surface area contributed by atoms with Gasteiger partial charge in [-0.1, -0.05) is 18.2 Å². The number of para-hydroxylation sites is 1. The smallest absolute Gasteiger partial charge is 0.144 e. The molecule has 1 aliphatic rings. The van der Waals surface area contributed by atoms with Gasteiger partial charge in [-0.15, -0.1) is 0 Å². The first-order valence-corrected chi connectivity index (χ1v) is 7.06. The molecule has 1 aliphatic heterocycles. The van der Waals surface area contributed by atoms with Crippen LogP contribution in [-0.2, 0) is 0 Å². The van der Waals surface area contributed by atoms with Gasteiger partial charge in [-0.25, -0.2) is 4.98 Å². The molecule has 20 heavy (non-hydrogen) atoms. The Kier molecular flexibility index (Phi) is 3.53. The normalized spacial score (nSPS) is 22.4. The number of nitrogens with zero attached hydrogens (tertiary/aromatic N) is 2. The van der Waals surface area contributed by atoms with Crippen LogP contribution in [0.5, 0.6) is 0 Å². The van der Waals surface area contributed by atoms with Crippen molar-refractivity contribution in [1.29, 1.82) is 5.26 Å². The second-order valence-electron chi connectivity index (χ2n) is 5.41. The van der Waals surface area contributed by atoms with Crippen molar-refractivity contribution >= 4 is 16.7 Å². The van der Waals surface area contributed by atoms with E-state index in [-0.39, 0.29) is 0 Å². The Bertz CT molecular complexity index is 659. The van der Waals surface area contributed by atoms with E-state index in [0.717, 1.165) is 30.3 Å². The SMILES string of the molecule is CC1CC(Nc2nc3ccccc3cc2C#N)CCN1. The Morgan fingerprint density at radius 1 is 1.40 bits per heavy atom. The summed E-state index contributed by atoms with van der Waals surface area (Å²) in [5.74, 6) is 0.713. The fraction of sp³-hybridized carbons (Fsp3) is 0.375. The van der Waals surface area contributed by atoms with Crippen molar-refractivity contribution in [2.45, 2.75) is 31.8 Å². The number of hydrogen-bond acceptors (Lipinski definition) is 4. The number of piperidine rings is 1. The average Bonchev–Trinajstić information content (AvgIpc) is 2.46. The summed E-state index contributed by atoms with van der Waals surface area (Å²) in [6.45, 7) is 3.20. The molecule has 0 amide bonds. The number of benzene rings is 1. The highest BCUT2D eigenvalue weighted by Crippen LogP contribution is 2.22. The molecule has 2 aromatic rings. The van der Waals surface area contributed by atoms with Gasteiger partial charge in [0.05, 0.1) is 11.1 Å². The van der Waals surface area contributed by atoms with Crippen LogP contribution in [0.1, 0.15) is 25.3 Å². The second-order valence-corrected chi connectivity index (χ2v) is 5.41. The lowest BCUT2D eigenvalue weighted by Gasteiger charge is -2.29. The average molecular weight is 266 g/mol. The highest BCUT2D eigenvalue weighted by Gasteiger charge is 2.19. The van der Waals surface area contributed by atoms with Gasteiger partial charge in [0.2, 0.25) is 0 Å². The maximum atomic E-state index is 9.32. The van der Waals surface area contributed by atoms with E-state index in [2.05, 4.69) is 28.6 Å². The zero-order valence-electron chi connectivity index (χ0n) is 11.6. The van der Waals surface area contributed by atoms with E-state index in [1.165, 1.54) is 0 Å². The van der Waals surface area contributed by atoms with Crippen LogP contribution in [0.25, 0.3) is 10.9 Å². The van der Waals surface area contributed by atoms with Crippen LogP contribution >= 0.6 is 0 Å². The molecule has 2 unspecified atom stereocenters. The molecule has 0 saturated carbocycles. The number of anilines is 1. The van der Waals surface area contributed by atoms with Crippen LogP contribution in [0.2, 0.25) is 0 Å². The molecule has 2 atom stereocenters. The first kappa shape index (κ1) is 12.9. The summed E-state index contributed by atoms with van der Waals surface area (Å²) in [5, 5.41) is 17.2. The largest absolute Gasteiger partial charge is 0.366 e. The number of nitriles is 1. The number of nitrogens with one attached hydrogen (secondary N) is 2. The van der Waals surface area contributed by atoms with Crippen LogP contribution < -0.4 is 10.6 Å². The molecular weight excluding hydrogens is 248 g/mol. The molecule has 2 N–H and O–H groups in total. The zero-order valence-corrected chi connectivity index (χ0v) is 11.6. The highest BCUT2D eigenvalue weighted by molar-refractivity contribution is 5.82. The van der Waals surface area contributed by atoms with Gasteiger partial charge < -0.3 is 10.6 Å². The predicted molar refractivity (Wildman–Crippen MR) is 80.6 cm³/mol. The monoisotopic (exact) mass is 266 g/mol. The van der Waals surface area contributed by atoms with Crippen molar-refractivity contribution in [3.8, 4) is 6.07 Å². The molecule has 0 radical (unpaired) electrons. The van der Waals surface area contributed by atoms with Crippen LogP contribution in [0, 0.1) is 11.3 Å². The maximum absolute atomic E-state index is 9.32. The Labute approximate surface area is 118 Å². The van der Waals surface area contributed by atoms with Gasteiger partial charge in [-0.05, 0) is 38.4 Å². The van der Waals surface area contributed by atoms with Crippen molar-refractivity contribution in [2.24, 2.45) is 0 Å². The summed E-state index contributed by atoms with van der Waals surface area (Å²) in [6, 6.07) is 12.9. The van der Waals surface area contributed by atoms with E-state index in [0.29, 0.717) is 23.5 Å². The van der Waals surface area contributed by atoms with E-state index < -0.39 is 0 Å². The maximum Gasteiger partial charge on any atom is 0.144 e. The topological polar surface area (TPSA) is 60.7 Å². The summed E-state index contributed by atoms with van der Waals surface area (Å²) in [7, 11) is 0. The molecular formula is C16H18N4. The lowest BCUT2D eigenvalue weighted by molar-refractivity contribution is 0.396.